The van der Waals surface area contributed by atoms with Gasteiger partial charge >= 0.3 is 6.18 Å². The summed E-state index contributed by atoms with van der Waals surface area (Å²) in [4.78, 5) is 2.36. The number of halogens is 3. The van der Waals surface area contributed by atoms with E-state index >= 15 is 0 Å². The Labute approximate surface area is 216 Å². The Morgan fingerprint density at radius 2 is 1.68 bits per heavy atom. The maximum atomic E-state index is 13.6. The van der Waals surface area contributed by atoms with Crippen molar-refractivity contribution in [1.29, 1.82) is 0 Å². The fraction of sp³-hybridized carbons (Fsp3) is 0.400. The molecule has 2 aliphatic rings. The van der Waals surface area contributed by atoms with Gasteiger partial charge in [0.05, 0.1) is 23.8 Å². The highest BCUT2D eigenvalue weighted by Gasteiger charge is 2.43. The van der Waals surface area contributed by atoms with Crippen LogP contribution in [0.25, 0.3) is 0 Å². The molecule has 3 aromatic carbocycles. The molecule has 0 saturated carbocycles. The van der Waals surface area contributed by atoms with Crippen molar-refractivity contribution in [2.45, 2.75) is 50.2 Å². The number of anilines is 1. The monoisotopic (exact) mass is 509 g/mol. The highest BCUT2D eigenvalue weighted by atomic mass is 19.4. The number of benzene rings is 3. The lowest BCUT2D eigenvalue weighted by molar-refractivity contribution is -0.138. The van der Waals surface area contributed by atoms with Crippen molar-refractivity contribution in [3.05, 3.63) is 101 Å². The molecule has 3 N–H and O–H groups in total. The van der Waals surface area contributed by atoms with E-state index in [1.54, 1.807) is 6.07 Å². The maximum Gasteiger partial charge on any atom is 0.416 e. The van der Waals surface area contributed by atoms with Crippen LogP contribution in [0.1, 0.15) is 53.7 Å². The molecule has 0 bridgehead atoms. The molecule has 4 atom stereocenters. The van der Waals surface area contributed by atoms with Gasteiger partial charge in [-0.25, -0.2) is 0 Å². The molecule has 2 aliphatic heterocycles. The molecule has 0 unspecified atom stereocenters. The first-order valence-electron chi connectivity index (χ1n) is 13.1. The predicted octanol–water partition coefficient (Wildman–Crippen LogP) is 6.56. The van der Waals surface area contributed by atoms with Crippen LogP contribution in [0.2, 0.25) is 0 Å². The number of nitrogens with zero attached hydrogens (tertiary/aromatic N) is 1. The van der Waals surface area contributed by atoms with Crippen molar-refractivity contribution in [3.8, 4) is 0 Å². The van der Waals surface area contributed by atoms with Crippen molar-refractivity contribution in [2.24, 2.45) is 11.7 Å². The third-order valence-electron chi connectivity index (χ3n) is 7.52. The van der Waals surface area contributed by atoms with E-state index in [9.17, 15) is 13.2 Å². The number of hydrogen-bond acceptors (Lipinski definition) is 4. The summed E-state index contributed by atoms with van der Waals surface area (Å²) in [7, 11) is 0. The van der Waals surface area contributed by atoms with Gasteiger partial charge in [0.1, 0.15) is 0 Å². The van der Waals surface area contributed by atoms with Crippen LogP contribution in [0, 0.1) is 5.92 Å². The summed E-state index contributed by atoms with van der Waals surface area (Å²) in [6.07, 6.45) is -2.27. The van der Waals surface area contributed by atoms with Gasteiger partial charge in [0.25, 0.3) is 0 Å². The molecule has 3 aromatic rings. The van der Waals surface area contributed by atoms with Crippen LogP contribution in [0.4, 0.5) is 18.9 Å². The highest BCUT2D eigenvalue weighted by molar-refractivity contribution is 5.58. The quantitative estimate of drug-likeness (QED) is 0.361. The fourth-order valence-corrected chi connectivity index (χ4v) is 5.74. The summed E-state index contributed by atoms with van der Waals surface area (Å²) in [5, 5.41) is 3.54. The molecule has 0 radical (unpaired) electrons. The van der Waals surface area contributed by atoms with E-state index in [0.29, 0.717) is 17.8 Å². The Morgan fingerprint density at radius 3 is 2.38 bits per heavy atom. The zero-order valence-corrected chi connectivity index (χ0v) is 20.8. The molecule has 0 aromatic heterocycles. The van der Waals surface area contributed by atoms with E-state index in [-0.39, 0.29) is 18.1 Å². The van der Waals surface area contributed by atoms with Gasteiger partial charge in [-0.3, -0.25) is 4.90 Å². The molecule has 37 heavy (non-hydrogen) atoms. The molecule has 5 rings (SSSR count). The number of nitrogens with one attached hydrogen (secondary N) is 1. The van der Waals surface area contributed by atoms with E-state index in [1.165, 1.54) is 11.6 Å². The molecule has 0 spiro atoms. The number of rotatable bonds is 8. The van der Waals surface area contributed by atoms with Crippen LogP contribution in [0.5, 0.6) is 0 Å². The van der Waals surface area contributed by atoms with Crippen LogP contribution >= 0.6 is 0 Å². The third-order valence-corrected chi connectivity index (χ3v) is 7.52. The largest absolute Gasteiger partial charge is 0.416 e. The summed E-state index contributed by atoms with van der Waals surface area (Å²) >= 11 is 0. The van der Waals surface area contributed by atoms with E-state index < -0.39 is 17.8 Å². The van der Waals surface area contributed by atoms with Gasteiger partial charge in [-0.05, 0) is 61.7 Å². The predicted molar refractivity (Wildman–Crippen MR) is 140 cm³/mol. The minimum atomic E-state index is -4.40. The maximum absolute atomic E-state index is 13.6. The fourth-order valence-electron chi connectivity index (χ4n) is 5.74. The topological polar surface area (TPSA) is 50.5 Å². The van der Waals surface area contributed by atoms with Crippen LogP contribution in [-0.2, 0) is 17.5 Å². The normalized spacial score (nSPS) is 23.3. The standard InChI is InChI=1S/C30H34F3N3O/c31-30(32,33)23-12-15-27-26(18-23)29-25(28(35-27)22-10-5-2-6-11-22)14-13-24(37-29)20-36(17-7-16-34)19-21-8-3-1-4-9-21/h1-6,8-12,15,18,24-25,28-29,35H,7,13-14,16-17,19-20,34H2/t24-,25+,28+,29+/m1/s1. The number of fused-ring (bicyclic) bond motifs is 3. The molecule has 7 heteroatoms. The smallest absolute Gasteiger partial charge is 0.378 e. The van der Waals surface area contributed by atoms with E-state index in [2.05, 4.69) is 34.5 Å². The molecule has 4 nitrogen and oxygen atoms in total. The Kier molecular flexibility index (Phi) is 7.84. The lowest BCUT2D eigenvalue weighted by Gasteiger charge is -2.46. The molecule has 2 heterocycles. The third kappa shape index (κ3) is 6.00. The Hall–Kier alpha value is -2.87. The van der Waals surface area contributed by atoms with Gasteiger partial charge in [0.15, 0.2) is 0 Å². The second-order valence-electron chi connectivity index (χ2n) is 10.1. The summed E-state index contributed by atoms with van der Waals surface area (Å²) in [6.45, 7) is 2.97. The van der Waals surface area contributed by atoms with Crippen molar-refractivity contribution in [2.75, 3.05) is 25.0 Å². The molecule has 0 amide bonds. The van der Waals surface area contributed by atoms with Crippen LogP contribution in [0.15, 0.2) is 78.9 Å². The van der Waals surface area contributed by atoms with Gasteiger partial charge in [0, 0.05) is 30.3 Å². The van der Waals surface area contributed by atoms with Crippen LogP contribution in [0.3, 0.4) is 0 Å². The Morgan fingerprint density at radius 1 is 0.946 bits per heavy atom. The lowest BCUT2D eigenvalue weighted by atomic mass is 9.76. The SMILES string of the molecule is NCCCN(Cc1ccccc1)C[C@H]1CC[C@@H]2[C@H](O1)c1cc(C(F)(F)F)ccc1N[C@H]2c1ccccc1. The second-order valence-corrected chi connectivity index (χ2v) is 10.1. The number of nitrogens with two attached hydrogens (primary N) is 1. The number of ether oxygens (including phenoxy) is 1. The number of alkyl halides is 3. The second kappa shape index (κ2) is 11.3. The zero-order valence-electron chi connectivity index (χ0n) is 20.8. The summed E-state index contributed by atoms with van der Waals surface area (Å²) in [5.74, 6) is 0.0428. The summed E-state index contributed by atoms with van der Waals surface area (Å²) < 4.78 is 47.6. The van der Waals surface area contributed by atoms with Gasteiger partial charge < -0.3 is 15.8 Å². The van der Waals surface area contributed by atoms with Gasteiger partial charge in [-0.2, -0.15) is 13.2 Å². The average Bonchev–Trinajstić information content (AvgIpc) is 2.91. The number of hydrogen-bond donors (Lipinski definition) is 2. The van der Waals surface area contributed by atoms with E-state index in [4.69, 9.17) is 10.5 Å². The zero-order chi connectivity index (χ0) is 25.8. The van der Waals surface area contributed by atoms with Crippen molar-refractivity contribution in [1.82, 2.24) is 4.90 Å². The minimum Gasteiger partial charge on any atom is -0.378 e. The van der Waals surface area contributed by atoms with Crippen LogP contribution in [-0.4, -0.2) is 30.6 Å². The first kappa shape index (κ1) is 25.8. The molecular formula is C30H34F3N3O. The average molecular weight is 510 g/mol. The molecule has 0 aliphatic carbocycles. The van der Waals surface area contributed by atoms with Crippen LogP contribution < -0.4 is 11.1 Å². The van der Waals surface area contributed by atoms with Crippen molar-refractivity contribution < 1.29 is 17.9 Å². The lowest BCUT2D eigenvalue weighted by Crippen LogP contribution is -2.43. The molecular weight excluding hydrogens is 475 g/mol. The molecule has 1 saturated heterocycles. The van der Waals surface area contributed by atoms with Crippen molar-refractivity contribution >= 4 is 5.69 Å². The summed E-state index contributed by atoms with van der Waals surface area (Å²) in [6, 6.07) is 24.4. The molecule has 1 fully saturated rings. The minimum absolute atomic E-state index is 0.0194. The Bertz CT molecular complexity index is 1160. The highest BCUT2D eigenvalue weighted by Crippen LogP contribution is 2.51. The van der Waals surface area contributed by atoms with Gasteiger partial charge in [-0.15, -0.1) is 0 Å². The van der Waals surface area contributed by atoms with Crippen molar-refractivity contribution in [3.63, 3.8) is 0 Å². The molecule has 196 valence electrons. The van der Waals surface area contributed by atoms with Gasteiger partial charge in [0.2, 0.25) is 0 Å². The van der Waals surface area contributed by atoms with E-state index in [0.717, 1.165) is 50.5 Å². The van der Waals surface area contributed by atoms with E-state index in [1.807, 2.05) is 36.4 Å². The van der Waals surface area contributed by atoms with Gasteiger partial charge in [-0.1, -0.05) is 60.7 Å². The first-order valence-corrected chi connectivity index (χ1v) is 13.1. The summed E-state index contributed by atoms with van der Waals surface area (Å²) in [5.41, 5.74) is 8.84. The first-order chi connectivity index (χ1) is 17.9. The Balaban J connectivity index is 1.41.